The Morgan fingerprint density at radius 2 is 1.34 bits per heavy atom. The smallest absolute Gasteiger partial charge is 0.120 e. The molecule has 0 saturated carbocycles. The van der Waals surface area contributed by atoms with Gasteiger partial charge in [-0.05, 0) is 86.3 Å². The van der Waals surface area contributed by atoms with Crippen molar-refractivity contribution >= 4 is 29.1 Å². The third-order valence-electron chi connectivity index (χ3n) is 6.88. The van der Waals surface area contributed by atoms with Gasteiger partial charge in [-0.2, -0.15) is 0 Å². The van der Waals surface area contributed by atoms with E-state index < -0.39 is 0 Å². The zero-order chi connectivity index (χ0) is 26.7. The normalized spacial score (nSPS) is 11.9. The van der Waals surface area contributed by atoms with Gasteiger partial charge in [0.05, 0.1) is 22.8 Å². The van der Waals surface area contributed by atoms with Crippen molar-refractivity contribution in [3.05, 3.63) is 59.2 Å². The van der Waals surface area contributed by atoms with Crippen LogP contribution in [0.4, 0.5) is 11.4 Å². The average molecular weight is 561 g/mol. The van der Waals surface area contributed by atoms with Crippen LogP contribution in [0.2, 0.25) is 0 Å². The Balaban J connectivity index is 0.00000722. The number of aliphatic imine (C=N–C) groups is 2. The Labute approximate surface area is 243 Å². The summed E-state index contributed by atoms with van der Waals surface area (Å²) >= 11 is 0. The summed E-state index contributed by atoms with van der Waals surface area (Å²) < 4.78 is 0. The molecule has 0 fully saturated rings. The molecule has 0 heterocycles. The molecule has 0 aliphatic heterocycles. The minimum atomic E-state index is 0. The van der Waals surface area contributed by atoms with Crippen LogP contribution in [0.5, 0.6) is 0 Å². The summed E-state index contributed by atoms with van der Waals surface area (Å²) in [5, 5.41) is 0. The first kappa shape index (κ1) is 34.0. The van der Waals surface area contributed by atoms with E-state index in [1.807, 2.05) is 0 Å². The number of aryl methyl sites for hydroxylation is 3. The molecule has 2 aromatic carbocycles. The van der Waals surface area contributed by atoms with Crippen molar-refractivity contribution in [1.29, 1.82) is 0 Å². The number of hydrogen-bond donors (Lipinski definition) is 0. The summed E-state index contributed by atoms with van der Waals surface area (Å²) in [7, 11) is 0. The maximum absolute atomic E-state index is 10.9. The summed E-state index contributed by atoms with van der Waals surface area (Å²) in [6, 6.07) is 15.3. The molecule has 2 rings (SSSR count). The number of carbonyl (C=O) groups is 1. The van der Waals surface area contributed by atoms with Crippen LogP contribution in [0.25, 0.3) is 0 Å². The molecule has 0 N–H and O–H groups in total. The van der Waals surface area contributed by atoms with Crippen molar-refractivity contribution in [1.82, 2.24) is 0 Å². The first-order valence-corrected chi connectivity index (χ1v) is 14.9. The fourth-order valence-electron chi connectivity index (χ4n) is 4.80. The molecule has 0 aromatic heterocycles. The predicted molar refractivity (Wildman–Crippen MR) is 162 cm³/mol. The Morgan fingerprint density at radius 3 is 2.05 bits per heavy atom. The maximum atomic E-state index is 10.9. The van der Waals surface area contributed by atoms with E-state index in [-0.39, 0.29) is 16.5 Å². The van der Waals surface area contributed by atoms with Crippen LogP contribution in [0.1, 0.15) is 121 Å². The van der Waals surface area contributed by atoms with Crippen molar-refractivity contribution in [2.24, 2.45) is 9.98 Å². The second-order valence-corrected chi connectivity index (χ2v) is 10.2. The molecule has 0 aliphatic rings. The van der Waals surface area contributed by atoms with Gasteiger partial charge in [0.1, 0.15) is 6.29 Å². The molecule has 38 heavy (non-hydrogen) atoms. The molecule has 0 radical (unpaired) electrons. The third-order valence-corrected chi connectivity index (χ3v) is 6.88. The SMILES string of the molecule is CCCCCCC(=Nc1ccc(CCC)c(CCC)c1)C(CCCC)=Nc1ccccc1CCCC=O.[Ni]. The molecule has 0 saturated heterocycles. The summed E-state index contributed by atoms with van der Waals surface area (Å²) in [6.07, 6.45) is 16.9. The summed E-state index contributed by atoms with van der Waals surface area (Å²) in [6.45, 7) is 9.01. The molecule has 0 unspecified atom stereocenters. The average Bonchev–Trinajstić information content (AvgIpc) is 2.91. The fourth-order valence-corrected chi connectivity index (χ4v) is 4.80. The molecule has 4 heteroatoms. The van der Waals surface area contributed by atoms with Gasteiger partial charge in [0.2, 0.25) is 0 Å². The molecule has 0 atom stereocenters. The van der Waals surface area contributed by atoms with Crippen LogP contribution in [-0.4, -0.2) is 17.7 Å². The molecule has 3 nitrogen and oxygen atoms in total. The van der Waals surface area contributed by atoms with Gasteiger partial charge in [-0.15, -0.1) is 0 Å². The third kappa shape index (κ3) is 12.2. The van der Waals surface area contributed by atoms with Gasteiger partial charge in [-0.1, -0.05) is 90.5 Å². The molecule has 2 aromatic rings. The molecular weight excluding hydrogens is 511 g/mol. The van der Waals surface area contributed by atoms with Crippen molar-refractivity contribution in [3.63, 3.8) is 0 Å². The molecule has 0 bridgehead atoms. The van der Waals surface area contributed by atoms with Crippen LogP contribution in [-0.2, 0) is 40.5 Å². The first-order valence-electron chi connectivity index (χ1n) is 14.9. The standard InChI is InChI=1S/C34H50N2O.Ni/c1-5-9-11-12-23-33(35-31-25-24-28(17-7-3)30(27-31)18-8-4)34(21-10-6-2)36-32-22-14-13-19-29(32)20-15-16-26-37;/h13-14,19,22,24-27H,5-12,15-18,20-21,23H2,1-4H3;. The number of rotatable bonds is 19. The Kier molecular flexibility index (Phi) is 18.6. The van der Waals surface area contributed by atoms with Gasteiger partial charge >= 0.3 is 0 Å². The van der Waals surface area contributed by atoms with Gasteiger partial charge in [0, 0.05) is 22.9 Å². The van der Waals surface area contributed by atoms with E-state index in [1.54, 1.807) is 0 Å². The van der Waals surface area contributed by atoms with Crippen molar-refractivity contribution in [3.8, 4) is 0 Å². The van der Waals surface area contributed by atoms with Crippen LogP contribution in [0, 0.1) is 0 Å². The molecular formula is C34H50N2NiO. The number of benzene rings is 2. The monoisotopic (exact) mass is 560 g/mol. The predicted octanol–water partition coefficient (Wildman–Crippen LogP) is 10.1. The van der Waals surface area contributed by atoms with Crippen LogP contribution in [0.15, 0.2) is 52.4 Å². The van der Waals surface area contributed by atoms with Crippen molar-refractivity contribution < 1.29 is 21.3 Å². The Bertz CT molecular complexity index is 996. The minimum absolute atomic E-state index is 0. The van der Waals surface area contributed by atoms with Crippen LogP contribution in [0.3, 0.4) is 0 Å². The zero-order valence-corrected chi connectivity index (χ0v) is 25.3. The van der Waals surface area contributed by atoms with E-state index in [2.05, 4.69) is 70.2 Å². The van der Waals surface area contributed by atoms with Crippen LogP contribution >= 0.6 is 0 Å². The van der Waals surface area contributed by atoms with E-state index in [4.69, 9.17) is 9.98 Å². The second-order valence-electron chi connectivity index (χ2n) is 10.2. The molecule has 0 spiro atoms. The number of hydrogen-bond acceptors (Lipinski definition) is 3. The maximum Gasteiger partial charge on any atom is 0.120 e. The number of carbonyl (C=O) groups excluding carboxylic acids is 1. The Morgan fingerprint density at radius 1 is 0.658 bits per heavy atom. The molecule has 0 amide bonds. The summed E-state index contributed by atoms with van der Waals surface area (Å²) in [5.74, 6) is 0. The Hall–Kier alpha value is -2.06. The number of unbranched alkanes of at least 4 members (excludes halogenated alkanes) is 5. The largest absolute Gasteiger partial charge is 0.303 e. The van der Waals surface area contributed by atoms with E-state index in [0.29, 0.717) is 6.42 Å². The van der Waals surface area contributed by atoms with E-state index in [1.165, 1.54) is 42.4 Å². The minimum Gasteiger partial charge on any atom is -0.303 e. The van der Waals surface area contributed by atoms with Crippen LogP contribution < -0.4 is 0 Å². The molecule has 0 aliphatic carbocycles. The molecule has 212 valence electrons. The summed E-state index contributed by atoms with van der Waals surface area (Å²) in [5.41, 5.74) is 8.52. The zero-order valence-electron chi connectivity index (χ0n) is 24.3. The van der Waals surface area contributed by atoms with Gasteiger partial charge in [-0.3, -0.25) is 9.98 Å². The van der Waals surface area contributed by atoms with Gasteiger partial charge in [0.25, 0.3) is 0 Å². The summed E-state index contributed by atoms with van der Waals surface area (Å²) in [4.78, 5) is 21.4. The van der Waals surface area contributed by atoms with Crippen molar-refractivity contribution in [2.45, 2.75) is 124 Å². The van der Waals surface area contributed by atoms with E-state index in [0.717, 1.165) is 93.3 Å². The van der Waals surface area contributed by atoms with Crippen molar-refractivity contribution in [2.75, 3.05) is 0 Å². The topological polar surface area (TPSA) is 41.8 Å². The first-order chi connectivity index (χ1) is 18.2. The quantitative estimate of drug-likeness (QED) is 0.0728. The van der Waals surface area contributed by atoms with Gasteiger partial charge in [-0.25, -0.2) is 0 Å². The van der Waals surface area contributed by atoms with E-state index >= 15 is 0 Å². The fraction of sp³-hybridized carbons (Fsp3) is 0.559. The van der Waals surface area contributed by atoms with Gasteiger partial charge in [0.15, 0.2) is 0 Å². The second kappa shape index (κ2) is 20.8. The number of nitrogens with zero attached hydrogens (tertiary/aromatic N) is 2. The van der Waals surface area contributed by atoms with Gasteiger partial charge < -0.3 is 4.79 Å². The number of aldehydes is 1. The number of para-hydroxylation sites is 1. The van der Waals surface area contributed by atoms with E-state index in [9.17, 15) is 4.79 Å².